The lowest BCUT2D eigenvalue weighted by Crippen LogP contribution is -3.12. The Kier molecular flexibility index (Phi) is 3.54. The maximum Gasteiger partial charge on any atom is 0.228 e. The Bertz CT molecular complexity index is 690. The minimum Gasteiger partial charge on any atom is -0.463 e. The summed E-state index contributed by atoms with van der Waals surface area (Å²) < 4.78 is 5.49. The average Bonchev–Trinajstić information content (AvgIpc) is 3.14. The maximum atomic E-state index is 12.1. The van der Waals surface area contributed by atoms with Crippen molar-refractivity contribution in [1.82, 2.24) is 0 Å². The van der Waals surface area contributed by atoms with Crippen LogP contribution >= 0.6 is 11.3 Å². The highest BCUT2D eigenvalue weighted by Crippen LogP contribution is 2.40. The number of thiophene rings is 1. The largest absolute Gasteiger partial charge is 0.463 e. The molecule has 0 radical (unpaired) electrons. The molecule has 1 atom stereocenters. The van der Waals surface area contributed by atoms with Gasteiger partial charge in [0.25, 0.3) is 0 Å². The fourth-order valence-electron chi connectivity index (χ4n) is 3.65. The van der Waals surface area contributed by atoms with E-state index in [0.29, 0.717) is 0 Å². The van der Waals surface area contributed by atoms with Gasteiger partial charge in [-0.05, 0) is 43.4 Å². The van der Waals surface area contributed by atoms with E-state index in [-0.39, 0.29) is 5.91 Å². The SMILES string of the molecule is CC(=O)N1C[NH+](Cc2ccco2)Cc2c1sc1c2CCCC1. The van der Waals surface area contributed by atoms with Crippen molar-refractivity contribution >= 4 is 22.2 Å². The quantitative estimate of drug-likeness (QED) is 0.921. The normalized spacial score (nSPS) is 20.6. The summed E-state index contributed by atoms with van der Waals surface area (Å²) in [4.78, 5) is 17.0. The Morgan fingerprint density at radius 3 is 3.00 bits per heavy atom. The summed E-state index contributed by atoms with van der Waals surface area (Å²) in [5, 5.41) is 1.21. The van der Waals surface area contributed by atoms with Crippen LogP contribution in [0.15, 0.2) is 22.8 Å². The van der Waals surface area contributed by atoms with Crippen molar-refractivity contribution in [3.63, 3.8) is 0 Å². The zero-order valence-corrected chi connectivity index (χ0v) is 13.7. The van der Waals surface area contributed by atoms with Gasteiger partial charge in [-0.15, -0.1) is 11.3 Å². The third-order valence-corrected chi connectivity index (χ3v) is 6.05. The standard InChI is InChI=1S/C17H20N2O2S/c1-12(20)19-11-18(9-13-5-4-8-21-13)10-15-14-6-2-3-7-16(14)22-17(15)19/h4-5,8H,2-3,6-7,9-11H2,1H3/p+1. The molecule has 2 aromatic heterocycles. The van der Waals surface area contributed by atoms with E-state index < -0.39 is 0 Å². The lowest BCUT2D eigenvalue weighted by atomic mass is 9.94. The molecular formula is C17H21N2O2S+. The molecule has 1 aliphatic heterocycles. The molecule has 2 aliphatic rings. The molecule has 1 amide bonds. The van der Waals surface area contributed by atoms with Crippen LogP contribution < -0.4 is 9.80 Å². The fraction of sp³-hybridized carbons (Fsp3) is 0.471. The Balaban J connectivity index is 1.68. The number of quaternary nitrogens is 1. The lowest BCUT2D eigenvalue weighted by Gasteiger charge is -2.32. The second-order valence-corrected chi connectivity index (χ2v) is 7.37. The molecule has 0 saturated heterocycles. The summed E-state index contributed by atoms with van der Waals surface area (Å²) in [6.07, 6.45) is 6.66. The number of carbonyl (C=O) groups is 1. The number of hydrogen-bond donors (Lipinski definition) is 1. The van der Waals surface area contributed by atoms with Gasteiger partial charge in [0.1, 0.15) is 18.1 Å². The van der Waals surface area contributed by atoms with Gasteiger partial charge in [-0.2, -0.15) is 0 Å². The van der Waals surface area contributed by atoms with Crippen LogP contribution in [0.3, 0.4) is 0 Å². The minimum absolute atomic E-state index is 0.150. The van der Waals surface area contributed by atoms with Gasteiger partial charge in [-0.1, -0.05) is 0 Å². The molecule has 4 nitrogen and oxygen atoms in total. The van der Waals surface area contributed by atoms with Gasteiger partial charge in [-0.25, -0.2) is 0 Å². The van der Waals surface area contributed by atoms with E-state index in [1.54, 1.807) is 13.2 Å². The van der Waals surface area contributed by atoms with Crippen LogP contribution in [0.5, 0.6) is 0 Å². The molecule has 5 heteroatoms. The van der Waals surface area contributed by atoms with Crippen molar-refractivity contribution < 1.29 is 14.1 Å². The fourth-order valence-corrected chi connectivity index (χ4v) is 5.10. The lowest BCUT2D eigenvalue weighted by molar-refractivity contribution is -0.928. The first-order valence-electron chi connectivity index (χ1n) is 8.00. The Hall–Kier alpha value is -1.59. The second kappa shape index (κ2) is 5.56. The van der Waals surface area contributed by atoms with Gasteiger partial charge >= 0.3 is 0 Å². The van der Waals surface area contributed by atoms with E-state index in [4.69, 9.17) is 4.42 Å². The summed E-state index contributed by atoms with van der Waals surface area (Å²) in [5.41, 5.74) is 2.96. The number of fused-ring (bicyclic) bond motifs is 3. The van der Waals surface area contributed by atoms with Crippen molar-refractivity contribution in [2.24, 2.45) is 0 Å². The summed E-state index contributed by atoms with van der Waals surface area (Å²) in [7, 11) is 0. The van der Waals surface area contributed by atoms with Crippen LogP contribution in [-0.4, -0.2) is 12.6 Å². The molecular weight excluding hydrogens is 296 g/mol. The molecule has 4 rings (SSSR count). The number of aryl methyl sites for hydroxylation is 1. The zero-order chi connectivity index (χ0) is 15.1. The highest BCUT2D eigenvalue weighted by Gasteiger charge is 2.34. The Morgan fingerprint density at radius 2 is 2.23 bits per heavy atom. The number of nitrogens with zero attached hydrogens (tertiary/aromatic N) is 1. The molecule has 22 heavy (non-hydrogen) atoms. The van der Waals surface area contributed by atoms with Gasteiger partial charge in [0.2, 0.25) is 5.91 Å². The molecule has 0 saturated carbocycles. The molecule has 0 bridgehead atoms. The highest BCUT2D eigenvalue weighted by molar-refractivity contribution is 7.16. The van der Waals surface area contributed by atoms with Gasteiger partial charge < -0.3 is 9.32 Å². The predicted octanol–water partition coefficient (Wildman–Crippen LogP) is 2.13. The highest BCUT2D eigenvalue weighted by atomic mass is 32.1. The first kappa shape index (κ1) is 14.0. The first-order valence-corrected chi connectivity index (χ1v) is 8.81. The van der Waals surface area contributed by atoms with Crippen LogP contribution in [0, 0.1) is 0 Å². The number of furan rings is 1. The molecule has 0 spiro atoms. The molecule has 116 valence electrons. The van der Waals surface area contributed by atoms with Crippen LogP contribution in [0.2, 0.25) is 0 Å². The third-order valence-electron chi connectivity index (χ3n) is 4.70. The molecule has 1 unspecified atom stereocenters. The second-order valence-electron chi connectivity index (χ2n) is 6.28. The zero-order valence-electron chi connectivity index (χ0n) is 12.9. The molecule has 2 aromatic rings. The van der Waals surface area contributed by atoms with Crippen LogP contribution in [0.25, 0.3) is 0 Å². The van der Waals surface area contributed by atoms with Crippen molar-refractivity contribution in [1.29, 1.82) is 0 Å². The van der Waals surface area contributed by atoms with Crippen molar-refractivity contribution in [2.75, 3.05) is 11.6 Å². The minimum atomic E-state index is 0.150. The van der Waals surface area contributed by atoms with Crippen LogP contribution in [-0.2, 0) is 30.7 Å². The third kappa shape index (κ3) is 2.38. The molecule has 3 heterocycles. The summed E-state index contributed by atoms with van der Waals surface area (Å²) >= 11 is 1.85. The van der Waals surface area contributed by atoms with Crippen molar-refractivity contribution in [2.45, 2.75) is 45.7 Å². The number of anilines is 1. The number of nitrogens with one attached hydrogen (secondary N) is 1. The summed E-state index contributed by atoms with van der Waals surface area (Å²) in [6.45, 7) is 4.26. The molecule has 1 aliphatic carbocycles. The smallest absolute Gasteiger partial charge is 0.228 e. The van der Waals surface area contributed by atoms with Gasteiger partial charge in [0.05, 0.1) is 6.26 Å². The van der Waals surface area contributed by atoms with Gasteiger partial charge in [0.15, 0.2) is 12.4 Å². The van der Waals surface area contributed by atoms with Gasteiger partial charge in [-0.3, -0.25) is 9.69 Å². The first-order chi connectivity index (χ1) is 10.7. The van der Waals surface area contributed by atoms with Crippen molar-refractivity contribution in [3.8, 4) is 0 Å². The number of amides is 1. The van der Waals surface area contributed by atoms with Gasteiger partial charge in [0, 0.05) is 17.4 Å². The number of rotatable bonds is 2. The molecule has 1 N–H and O–H groups in total. The maximum absolute atomic E-state index is 12.1. The Labute approximate surface area is 134 Å². The molecule has 0 fully saturated rings. The topological polar surface area (TPSA) is 37.9 Å². The average molecular weight is 317 g/mol. The Morgan fingerprint density at radius 1 is 1.36 bits per heavy atom. The number of carbonyl (C=O) groups excluding carboxylic acids is 1. The summed E-state index contributed by atoms with van der Waals surface area (Å²) in [5.74, 6) is 1.14. The van der Waals surface area contributed by atoms with Crippen LogP contribution in [0.1, 0.15) is 41.5 Å². The van der Waals surface area contributed by atoms with Crippen molar-refractivity contribution in [3.05, 3.63) is 40.2 Å². The van der Waals surface area contributed by atoms with E-state index in [1.165, 1.54) is 51.6 Å². The van der Waals surface area contributed by atoms with E-state index in [9.17, 15) is 4.79 Å². The molecule has 0 aromatic carbocycles. The van der Waals surface area contributed by atoms with E-state index >= 15 is 0 Å². The predicted molar refractivity (Wildman–Crippen MR) is 86.1 cm³/mol. The van der Waals surface area contributed by atoms with E-state index in [2.05, 4.69) is 0 Å². The summed E-state index contributed by atoms with van der Waals surface area (Å²) in [6, 6.07) is 3.95. The monoisotopic (exact) mass is 317 g/mol. The number of hydrogen-bond acceptors (Lipinski definition) is 3. The van der Waals surface area contributed by atoms with Crippen LogP contribution in [0.4, 0.5) is 5.00 Å². The van der Waals surface area contributed by atoms with E-state index in [0.717, 1.165) is 25.5 Å². The van der Waals surface area contributed by atoms with E-state index in [1.807, 2.05) is 28.4 Å².